The van der Waals surface area contributed by atoms with E-state index in [1.165, 1.54) is 0 Å². The van der Waals surface area contributed by atoms with E-state index in [0.29, 0.717) is 5.82 Å². The summed E-state index contributed by atoms with van der Waals surface area (Å²) in [6.07, 6.45) is -0.680. The van der Waals surface area contributed by atoms with Crippen molar-refractivity contribution in [2.45, 2.75) is 25.7 Å². The third-order valence-electron chi connectivity index (χ3n) is 2.60. The summed E-state index contributed by atoms with van der Waals surface area (Å²) in [5, 5.41) is 27.4. The highest BCUT2D eigenvalue weighted by molar-refractivity contribution is 5.75. The van der Waals surface area contributed by atoms with Gasteiger partial charge in [0.25, 0.3) is 0 Å². The SMILES string of the molecule is N#CCC(O)Cn1c(CO)nc2ccccc21. The molecule has 0 aliphatic carbocycles. The van der Waals surface area contributed by atoms with Gasteiger partial charge in [-0.1, -0.05) is 12.1 Å². The van der Waals surface area contributed by atoms with Crippen molar-refractivity contribution in [1.29, 1.82) is 5.26 Å². The summed E-state index contributed by atoms with van der Waals surface area (Å²) < 4.78 is 1.75. The Labute approximate surface area is 98.6 Å². The molecule has 88 valence electrons. The highest BCUT2D eigenvalue weighted by Crippen LogP contribution is 2.17. The highest BCUT2D eigenvalue weighted by Gasteiger charge is 2.12. The molecule has 0 bridgehead atoms. The Hall–Kier alpha value is -1.90. The molecular weight excluding hydrogens is 218 g/mol. The molecule has 5 nitrogen and oxygen atoms in total. The van der Waals surface area contributed by atoms with E-state index in [1.807, 2.05) is 30.3 Å². The van der Waals surface area contributed by atoms with Crippen LogP contribution in [-0.2, 0) is 13.2 Å². The van der Waals surface area contributed by atoms with Gasteiger partial charge in [0.2, 0.25) is 0 Å². The van der Waals surface area contributed by atoms with Gasteiger partial charge in [-0.15, -0.1) is 0 Å². The molecule has 1 aromatic carbocycles. The molecule has 0 spiro atoms. The summed E-state index contributed by atoms with van der Waals surface area (Å²) in [5.74, 6) is 0.503. The molecule has 0 saturated heterocycles. The van der Waals surface area contributed by atoms with E-state index in [0.717, 1.165) is 11.0 Å². The van der Waals surface area contributed by atoms with Crippen LogP contribution >= 0.6 is 0 Å². The molecule has 0 amide bonds. The molecule has 2 rings (SSSR count). The lowest BCUT2D eigenvalue weighted by molar-refractivity contribution is 0.156. The van der Waals surface area contributed by atoms with Crippen molar-refractivity contribution in [2.24, 2.45) is 0 Å². The van der Waals surface area contributed by atoms with Crippen LogP contribution < -0.4 is 0 Å². The number of nitrogens with zero attached hydrogens (tertiary/aromatic N) is 3. The largest absolute Gasteiger partial charge is 0.390 e. The van der Waals surface area contributed by atoms with Gasteiger partial charge in [0.05, 0.1) is 36.2 Å². The molecule has 1 unspecified atom stereocenters. The minimum atomic E-state index is -0.747. The first-order valence-corrected chi connectivity index (χ1v) is 5.36. The average Bonchev–Trinajstić information content (AvgIpc) is 2.68. The Morgan fingerprint density at radius 3 is 2.88 bits per heavy atom. The molecule has 0 aliphatic heterocycles. The van der Waals surface area contributed by atoms with Gasteiger partial charge >= 0.3 is 0 Å². The molecular formula is C12H13N3O2. The lowest BCUT2D eigenvalue weighted by Crippen LogP contribution is -2.17. The van der Waals surface area contributed by atoms with Gasteiger partial charge in [0.15, 0.2) is 0 Å². The third-order valence-corrected chi connectivity index (χ3v) is 2.60. The van der Waals surface area contributed by atoms with Crippen LogP contribution in [0.25, 0.3) is 11.0 Å². The summed E-state index contributed by atoms with van der Waals surface area (Å²) in [6.45, 7) is 0.0813. The Bertz CT molecular complexity index is 556. The second kappa shape index (κ2) is 4.95. The fourth-order valence-electron chi connectivity index (χ4n) is 1.83. The van der Waals surface area contributed by atoms with E-state index >= 15 is 0 Å². The fraction of sp³-hybridized carbons (Fsp3) is 0.333. The molecule has 0 saturated carbocycles. The van der Waals surface area contributed by atoms with E-state index in [4.69, 9.17) is 5.26 Å². The first kappa shape index (κ1) is 11.6. The van der Waals surface area contributed by atoms with Crippen molar-refractivity contribution in [3.8, 4) is 6.07 Å². The predicted molar refractivity (Wildman–Crippen MR) is 61.9 cm³/mol. The van der Waals surface area contributed by atoms with Gasteiger partial charge in [0.1, 0.15) is 12.4 Å². The van der Waals surface area contributed by atoms with Crippen molar-refractivity contribution < 1.29 is 10.2 Å². The van der Waals surface area contributed by atoms with Gasteiger partial charge in [-0.25, -0.2) is 4.98 Å². The number of hydrogen-bond acceptors (Lipinski definition) is 4. The van der Waals surface area contributed by atoms with E-state index in [1.54, 1.807) is 4.57 Å². The molecule has 0 radical (unpaired) electrons. The molecule has 5 heteroatoms. The molecule has 2 N–H and O–H groups in total. The fourth-order valence-corrected chi connectivity index (χ4v) is 1.83. The van der Waals surface area contributed by atoms with Crippen LogP contribution in [0, 0.1) is 11.3 Å². The minimum absolute atomic E-state index is 0.0668. The summed E-state index contributed by atoms with van der Waals surface area (Å²) in [6, 6.07) is 9.38. The Kier molecular flexibility index (Phi) is 3.38. The van der Waals surface area contributed by atoms with Crippen molar-refractivity contribution in [3.05, 3.63) is 30.1 Å². The van der Waals surface area contributed by atoms with Crippen LogP contribution in [0.4, 0.5) is 0 Å². The first-order valence-electron chi connectivity index (χ1n) is 5.36. The second-order valence-corrected chi connectivity index (χ2v) is 3.80. The summed E-state index contributed by atoms with van der Waals surface area (Å²) in [4.78, 5) is 4.26. The van der Waals surface area contributed by atoms with Gasteiger partial charge in [-0.2, -0.15) is 5.26 Å². The van der Waals surface area contributed by atoms with Crippen LogP contribution in [0.1, 0.15) is 12.2 Å². The standard InChI is InChI=1S/C12H13N3O2/c13-6-5-9(17)7-15-11-4-2-1-3-10(11)14-12(15)8-16/h1-4,9,16-17H,5,7-8H2. The average molecular weight is 231 g/mol. The van der Waals surface area contributed by atoms with E-state index < -0.39 is 6.10 Å². The molecule has 17 heavy (non-hydrogen) atoms. The molecule has 1 heterocycles. The summed E-state index contributed by atoms with van der Waals surface area (Å²) in [5.41, 5.74) is 1.63. The zero-order chi connectivity index (χ0) is 12.3. The number of aliphatic hydroxyl groups is 2. The smallest absolute Gasteiger partial charge is 0.135 e. The van der Waals surface area contributed by atoms with Crippen molar-refractivity contribution in [1.82, 2.24) is 9.55 Å². The Morgan fingerprint density at radius 1 is 1.41 bits per heavy atom. The van der Waals surface area contributed by atoms with Crippen LogP contribution in [-0.4, -0.2) is 25.9 Å². The lowest BCUT2D eigenvalue weighted by Gasteiger charge is -2.11. The number of benzene rings is 1. The van der Waals surface area contributed by atoms with Crippen LogP contribution in [0.15, 0.2) is 24.3 Å². The maximum Gasteiger partial charge on any atom is 0.135 e. The number of imidazole rings is 1. The maximum atomic E-state index is 9.65. The van der Waals surface area contributed by atoms with E-state index in [9.17, 15) is 10.2 Å². The number of nitriles is 1. The quantitative estimate of drug-likeness (QED) is 0.815. The van der Waals surface area contributed by atoms with Crippen molar-refractivity contribution in [2.75, 3.05) is 0 Å². The number of fused-ring (bicyclic) bond motifs is 1. The molecule has 0 fully saturated rings. The number of hydrogen-bond donors (Lipinski definition) is 2. The van der Waals surface area contributed by atoms with Crippen molar-refractivity contribution in [3.63, 3.8) is 0 Å². The highest BCUT2D eigenvalue weighted by atomic mass is 16.3. The van der Waals surface area contributed by atoms with Crippen molar-refractivity contribution >= 4 is 11.0 Å². The summed E-state index contributed by atoms with van der Waals surface area (Å²) >= 11 is 0. The number of aliphatic hydroxyl groups excluding tert-OH is 2. The Balaban J connectivity index is 2.40. The normalized spacial score (nSPS) is 12.5. The minimum Gasteiger partial charge on any atom is -0.390 e. The van der Waals surface area contributed by atoms with Crippen LogP contribution in [0.2, 0.25) is 0 Å². The van der Waals surface area contributed by atoms with E-state index in [-0.39, 0.29) is 19.6 Å². The molecule has 1 aromatic heterocycles. The maximum absolute atomic E-state index is 9.65. The van der Waals surface area contributed by atoms with Crippen LogP contribution in [0.3, 0.4) is 0 Å². The predicted octanol–water partition coefficient (Wildman–Crippen LogP) is 0.803. The summed E-state index contributed by atoms with van der Waals surface area (Å²) in [7, 11) is 0. The number of rotatable bonds is 4. The second-order valence-electron chi connectivity index (χ2n) is 3.80. The third kappa shape index (κ3) is 2.28. The lowest BCUT2D eigenvalue weighted by atomic mass is 10.2. The zero-order valence-electron chi connectivity index (χ0n) is 9.24. The topological polar surface area (TPSA) is 82.1 Å². The molecule has 1 atom stereocenters. The van der Waals surface area contributed by atoms with Gasteiger partial charge in [-0.05, 0) is 12.1 Å². The first-order chi connectivity index (χ1) is 8.26. The molecule has 2 aromatic rings. The van der Waals surface area contributed by atoms with Crippen LogP contribution in [0.5, 0.6) is 0 Å². The number of aromatic nitrogens is 2. The van der Waals surface area contributed by atoms with Gasteiger partial charge < -0.3 is 14.8 Å². The Morgan fingerprint density at radius 2 is 2.18 bits per heavy atom. The van der Waals surface area contributed by atoms with E-state index in [2.05, 4.69) is 4.98 Å². The molecule has 0 aliphatic rings. The van der Waals surface area contributed by atoms with Gasteiger partial charge in [-0.3, -0.25) is 0 Å². The van der Waals surface area contributed by atoms with Gasteiger partial charge in [0, 0.05) is 0 Å². The monoisotopic (exact) mass is 231 g/mol. The zero-order valence-corrected chi connectivity index (χ0v) is 9.24. The number of para-hydroxylation sites is 2.